The molecule has 0 aliphatic rings. The van der Waals surface area contributed by atoms with Crippen LogP contribution in [0.5, 0.6) is 0 Å². The van der Waals surface area contributed by atoms with E-state index in [2.05, 4.69) is 39.0 Å². The fraction of sp³-hybridized carbons (Fsp3) is 0.455. The molecule has 10 heteroatoms. The number of aryl methyl sites for hydroxylation is 2. The molecular formula is C22H28F2N6OS. The zero-order valence-corrected chi connectivity index (χ0v) is 19.8. The number of aromatic nitrogens is 5. The summed E-state index contributed by atoms with van der Waals surface area (Å²) in [5.41, 5.74) is 1.46. The van der Waals surface area contributed by atoms with Crippen molar-refractivity contribution in [1.82, 2.24) is 29.9 Å². The van der Waals surface area contributed by atoms with E-state index >= 15 is 0 Å². The molecular weight excluding hydrogens is 434 g/mol. The Bertz CT molecular complexity index is 1110. The van der Waals surface area contributed by atoms with Gasteiger partial charge in [-0.25, -0.2) is 13.5 Å². The average molecular weight is 463 g/mol. The monoisotopic (exact) mass is 462 g/mol. The van der Waals surface area contributed by atoms with Gasteiger partial charge in [0.2, 0.25) is 0 Å². The fourth-order valence-electron chi connectivity index (χ4n) is 3.60. The van der Waals surface area contributed by atoms with E-state index in [0.717, 1.165) is 29.7 Å². The number of rotatable bonds is 9. The van der Waals surface area contributed by atoms with Gasteiger partial charge in [0.25, 0.3) is 5.91 Å². The Balaban J connectivity index is 1.65. The number of carbonyl (C=O) groups is 1. The third-order valence-corrected chi connectivity index (χ3v) is 5.71. The number of nitrogens with zero attached hydrogens (tertiary/aromatic N) is 5. The number of nitrogens with one attached hydrogen (secondary N) is 1. The van der Waals surface area contributed by atoms with Crippen LogP contribution in [0.1, 0.15) is 47.8 Å². The summed E-state index contributed by atoms with van der Waals surface area (Å²) in [4.78, 5) is 12.8. The van der Waals surface area contributed by atoms with Crippen LogP contribution in [0.25, 0.3) is 5.69 Å². The first-order valence-electron chi connectivity index (χ1n) is 10.5. The van der Waals surface area contributed by atoms with Gasteiger partial charge in [-0.2, -0.15) is 5.10 Å². The molecule has 0 aliphatic carbocycles. The van der Waals surface area contributed by atoms with Crippen LogP contribution >= 0.6 is 11.8 Å². The maximum absolute atomic E-state index is 14.2. The first-order valence-corrected chi connectivity index (χ1v) is 11.7. The van der Waals surface area contributed by atoms with Gasteiger partial charge in [0.15, 0.2) is 11.0 Å². The molecule has 1 amide bonds. The zero-order chi connectivity index (χ0) is 23.4. The normalized spacial score (nSPS) is 11.4. The minimum absolute atomic E-state index is 0.0973. The lowest BCUT2D eigenvalue weighted by molar-refractivity contribution is 0.0952. The molecule has 2 aromatic heterocycles. The molecule has 0 aliphatic heterocycles. The molecule has 7 nitrogen and oxygen atoms in total. The highest BCUT2D eigenvalue weighted by atomic mass is 32.2. The van der Waals surface area contributed by atoms with E-state index in [1.807, 2.05) is 6.26 Å². The predicted molar refractivity (Wildman–Crippen MR) is 120 cm³/mol. The summed E-state index contributed by atoms with van der Waals surface area (Å²) in [6.45, 7) is 8.99. The van der Waals surface area contributed by atoms with E-state index in [9.17, 15) is 13.6 Å². The molecule has 0 bridgehead atoms. The van der Waals surface area contributed by atoms with Crippen molar-refractivity contribution in [2.45, 2.75) is 52.2 Å². The predicted octanol–water partition coefficient (Wildman–Crippen LogP) is 4.10. The molecule has 0 saturated heterocycles. The van der Waals surface area contributed by atoms with Gasteiger partial charge >= 0.3 is 0 Å². The second kappa shape index (κ2) is 10.2. The Kier molecular flexibility index (Phi) is 7.65. The van der Waals surface area contributed by atoms with Crippen molar-refractivity contribution in [2.75, 3.05) is 12.8 Å². The summed E-state index contributed by atoms with van der Waals surface area (Å²) in [6, 6.07) is 3.27. The lowest BCUT2D eigenvalue weighted by Crippen LogP contribution is -2.26. The molecule has 172 valence electrons. The molecule has 0 atom stereocenters. The van der Waals surface area contributed by atoms with Crippen LogP contribution in [-0.4, -0.2) is 43.3 Å². The Labute approximate surface area is 190 Å². The molecule has 0 spiro atoms. The van der Waals surface area contributed by atoms with Crippen LogP contribution in [0.4, 0.5) is 8.78 Å². The van der Waals surface area contributed by atoms with Crippen molar-refractivity contribution in [2.24, 2.45) is 5.92 Å². The summed E-state index contributed by atoms with van der Waals surface area (Å²) < 4.78 is 30.9. The van der Waals surface area contributed by atoms with Crippen LogP contribution in [-0.2, 0) is 13.0 Å². The summed E-state index contributed by atoms with van der Waals surface area (Å²) in [6.07, 6.45) is 3.38. The number of hydrogen-bond donors (Lipinski definition) is 1. The van der Waals surface area contributed by atoms with Crippen molar-refractivity contribution >= 4 is 17.7 Å². The van der Waals surface area contributed by atoms with E-state index in [1.165, 1.54) is 10.7 Å². The number of halogens is 2. The van der Waals surface area contributed by atoms with Crippen LogP contribution in [0.15, 0.2) is 23.4 Å². The first kappa shape index (κ1) is 23.9. The van der Waals surface area contributed by atoms with E-state index in [-0.39, 0.29) is 11.6 Å². The Morgan fingerprint density at radius 2 is 1.97 bits per heavy atom. The Morgan fingerprint density at radius 3 is 2.62 bits per heavy atom. The van der Waals surface area contributed by atoms with Gasteiger partial charge in [0, 0.05) is 25.6 Å². The van der Waals surface area contributed by atoms with Gasteiger partial charge in [-0.3, -0.25) is 4.79 Å². The minimum atomic E-state index is -0.738. The lowest BCUT2D eigenvalue weighted by atomic mass is 10.1. The van der Waals surface area contributed by atoms with Gasteiger partial charge in [-0.1, -0.05) is 25.6 Å². The van der Waals surface area contributed by atoms with Gasteiger partial charge < -0.3 is 9.88 Å². The summed E-state index contributed by atoms with van der Waals surface area (Å²) in [5.74, 6) is -0.299. The quantitative estimate of drug-likeness (QED) is 0.383. The van der Waals surface area contributed by atoms with Crippen molar-refractivity contribution in [3.05, 3.63) is 52.6 Å². The average Bonchev–Trinajstić information content (AvgIpc) is 3.24. The second-order valence-electron chi connectivity index (χ2n) is 8.02. The first-order chi connectivity index (χ1) is 15.2. The fourth-order valence-corrected chi connectivity index (χ4v) is 4.12. The molecule has 3 aromatic rings. The van der Waals surface area contributed by atoms with Gasteiger partial charge in [-0.15, -0.1) is 10.2 Å². The van der Waals surface area contributed by atoms with Crippen LogP contribution < -0.4 is 5.32 Å². The van der Waals surface area contributed by atoms with Gasteiger partial charge in [-0.05, 0) is 44.6 Å². The Hall–Kier alpha value is -2.75. The van der Waals surface area contributed by atoms with Crippen LogP contribution in [0, 0.1) is 31.4 Å². The summed E-state index contributed by atoms with van der Waals surface area (Å²) >= 11 is 1.57. The van der Waals surface area contributed by atoms with E-state index < -0.39 is 11.6 Å². The van der Waals surface area contributed by atoms with Gasteiger partial charge in [0.05, 0.1) is 17.0 Å². The molecule has 1 aromatic carbocycles. The highest BCUT2D eigenvalue weighted by Crippen LogP contribution is 2.21. The molecule has 1 N–H and O–H groups in total. The molecule has 0 fully saturated rings. The third kappa shape index (κ3) is 5.17. The summed E-state index contributed by atoms with van der Waals surface area (Å²) in [7, 11) is 0. The largest absolute Gasteiger partial charge is 0.352 e. The molecule has 0 radical (unpaired) electrons. The van der Waals surface area contributed by atoms with Crippen molar-refractivity contribution in [3.8, 4) is 5.69 Å². The van der Waals surface area contributed by atoms with Crippen LogP contribution in [0.3, 0.4) is 0 Å². The number of benzene rings is 1. The van der Waals surface area contributed by atoms with E-state index in [0.29, 0.717) is 42.3 Å². The van der Waals surface area contributed by atoms with Gasteiger partial charge in [0.1, 0.15) is 17.3 Å². The molecule has 0 unspecified atom stereocenters. The number of carbonyl (C=O) groups excluding carboxylic acids is 1. The molecule has 3 rings (SSSR count). The molecule has 2 heterocycles. The smallest absolute Gasteiger partial charge is 0.255 e. The standard InChI is InChI=1S/C22H28F2N6OS/c1-13(2)12-29-19(26-27-22(29)32-5)7-6-10-25-21(31)20-14(3)28-30(15(20)4)18-9-8-16(23)11-17(18)24/h8-9,11,13H,6-7,10,12H2,1-5H3,(H,25,31). The SMILES string of the molecule is CSc1nnc(CCCNC(=O)c2c(C)nn(-c3ccc(F)cc3F)c2C)n1CC(C)C. The highest BCUT2D eigenvalue weighted by Gasteiger charge is 2.21. The minimum Gasteiger partial charge on any atom is -0.352 e. The maximum Gasteiger partial charge on any atom is 0.255 e. The van der Waals surface area contributed by atoms with Crippen molar-refractivity contribution in [3.63, 3.8) is 0 Å². The van der Waals surface area contributed by atoms with Crippen molar-refractivity contribution in [1.29, 1.82) is 0 Å². The number of amides is 1. The Morgan fingerprint density at radius 1 is 1.22 bits per heavy atom. The van der Waals surface area contributed by atoms with E-state index in [4.69, 9.17) is 0 Å². The lowest BCUT2D eigenvalue weighted by Gasteiger charge is -2.12. The third-order valence-electron chi connectivity index (χ3n) is 5.04. The second-order valence-corrected chi connectivity index (χ2v) is 8.79. The zero-order valence-electron chi connectivity index (χ0n) is 18.9. The van der Waals surface area contributed by atoms with Crippen molar-refractivity contribution < 1.29 is 13.6 Å². The topological polar surface area (TPSA) is 77.6 Å². The van der Waals surface area contributed by atoms with Crippen LogP contribution in [0.2, 0.25) is 0 Å². The number of thioether (sulfide) groups is 1. The highest BCUT2D eigenvalue weighted by molar-refractivity contribution is 7.98. The van der Waals surface area contributed by atoms with E-state index in [1.54, 1.807) is 25.6 Å². The summed E-state index contributed by atoms with van der Waals surface area (Å²) in [5, 5.41) is 16.6. The molecule has 32 heavy (non-hydrogen) atoms. The number of hydrogen-bond acceptors (Lipinski definition) is 5. The maximum atomic E-state index is 14.2. The molecule has 0 saturated carbocycles.